The number of para-hydroxylation sites is 2. The third-order valence-corrected chi connectivity index (χ3v) is 2.72. The van der Waals surface area contributed by atoms with Crippen molar-refractivity contribution in [3.63, 3.8) is 0 Å². The van der Waals surface area contributed by atoms with Gasteiger partial charge in [-0.15, -0.1) is 0 Å². The lowest BCUT2D eigenvalue weighted by atomic mass is 10.1. The maximum absolute atomic E-state index is 12.0. The van der Waals surface area contributed by atoms with Gasteiger partial charge in [0.2, 0.25) is 5.91 Å². The molecule has 5 nitrogen and oxygen atoms in total. The van der Waals surface area contributed by atoms with Crippen LogP contribution in [0.1, 0.15) is 5.56 Å². The Kier molecular flexibility index (Phi) is 4.93. The number of carbonyl (C=O) groups excluding carboxylic acids is 1. The average Bonchev–Trinajstić information content (AvgIpc) is 2.47. The highest BCUT2D eigenvalue weighted by molar-refractivity contribution is 5.93. The van der Waals surface area contributed by atoms with Gasteiger partial charge in [0.25, 0.3) is 0 Å². The third kappa shape index (κ3) is 4.65. The van der Waals surface area contributed by atoms with Gasteiger partial charge in [-0.2, -0.15) is 0 Å². The molecule has 0 aliphatic rings. The van der Waals surface area contributed by atoms with Crippen LogP contribution in [0.25, 0.3) is 0 Å². The molecular formula is C16H15NO4. The Morgan fingerprint density at radius 1 is 1.00 bits per heavy atom. The van der Waals surface area contributed by atoms with Crippen molar-refractivity contribution in [3.8, 4) is 5.75 Å². The fourth-order valence-corrected chi connectivity index (χ4v) is 1.81. The largest absolute Gasteiger partial charge is 0.480 e. The molecule has 2 aromatic carbocycles. The van der Waals surface area contributed by atoms with Crippen molar-refractivity contribution in [3.05, 3.63) is 60.2 Å². The normalized spacial score (nSPS) is 9.90. The molecule has 108 valence electrons. The van der Waals surface area contributed by atoms with Crippen LogP contribution >= 0.6 is 0 Å². The molecule has 0 aliphatic heterocycles. The summed E-state index contributed by atoms with van der Waals surface area (Å²) in [4.78, 5) is 22.5. The number of rotatable bonds is 6. The third-order valence-electron chi connectivity index (χ3n) is 2.72. The maximum Gasteiger partial charge on any atom is 0.341 e. The summed E-state index contributed by atoms with van der Waals surface area (Å²) in [5.74, 6) is -0.922. The maximum atomic E-state index is 12.0. The van der Waals surface area contributed by atoms with Crippen LogP contribution in [0.2, 0.25) is 0 Å². The van der Waals surface area contributed by atoms with Gasteiger partial charge in [-0.25, -0.2) is 4.79 Å². The van der Waals surface area contributed by atoms with E-state index in [9.17, 15) is 9.59 Å². The number of amides is 1. The fourth-order valence-electron chi connectivity index (χ4n) is 1.81. The molecule has 0 bridgehead atoms. The summed E-state index contributed by atoms with van der Waals surface area (Å²) in [7, 11) is 0. The van der Waals surface area contributed by atoms with Crippen LogP contribution in [0.4, 0.5) is 5.69 Å². The molecular weight excluding hydrogens is 270 g/mol. The number of benzene rings is 2. The summed E-state index contributed by atoms with van der Waals surface area (Å²) >= 11 is 0. The standard InChI is InChI=1S/C16H15NO4/c18-15(10-12-6-2-1-3-7-12)17-13-8-4-5-9-14(13)21-11-16(19)20/h1-9H,10-11H2,(H,17,18)(H,19,20). The molecule has 0 aliphatic carbocycles. The van der Waals surface area contributed by atoms with Gasteiger partial charge in [0.1, 0.15) is 5.75 Å². The number of aliphatic carboxylic acids is 1. The predicted octanol–water partition coefficient (Wildman–Crippen LogP) is 2.33. The number of hydrogen-bond donors (Lipinski definition) is 2. The van der Waals surface area contributed by atoms with Crippen molar-refractivity contribution in [2.24, 2.45) is 0 Å². The summed E-state index contributed by atoms with van der Waals surface area (Å²) in [5.41, 5.74) is 1.36. The summed E-state index contributed by atoms with van der Waals surface area (Å²) in [6.45, 7) is -0.453. The van der Waals surface area contributed by atoms with Crippen molar-refractivity contribution >= 4 is 17.6 Å². The molecule has 0 saturated carbocycles. The number of nitrogens with one attached hydrogen (secondary N) is 1. The van der Waals surface area contributed by atoms with Crippen LogP contribution in [0.15, 0.2) is 54.6 Å². The Morgan fingerprint density at radius 2 is 1.67 bits per heavy atom. The van der Waals surface area contributed by atoms with E-state index in [0.717, 1.165) is 5.56 Å². The predicted molar refractivity (Wildman–Crippen MR) is 78.3 cm³/mol. The molecule has 1 amide bonds. The van der Waals surface area contributed by atoms with E-state index in [2.05, 4.69) is 5.32 Å². The van der Waals surface area contributed by atoms with Crippen molar-refractivity contribution in [2.75, 3.05) is 11.9 Å². The number of carboxylic acids is 1. The van der Waals surface area contributed by atoms with Crippen LogP contribution < -0.4 is 10.1 Å². The lowest BCUT2D eigenvalue weighted by Gasteiger charge is -2.11. The second kappa shape index (κ2) is 7.09. The van der Waals surface area contributed by atoms with E-state index in [1.165, 1.54) is 0 Å². The van der Waals surface area contributed by atoms with E-state index < -0.39 is 12.6 Å². The molecule has 0 fully saturated rings. The van der Waals surface area contributed by atoms with Crippen molar-refractivity contribution < 1.29 is 19.4 Å². The number of carbonyl (C=O) groups is 2. The molecule has 21 heavy (non-hydrogen) atoms. The van der Waals surface area contributed by atoms with Crippen molar-refractivity contribution in [1.29, 1.82) is 0 Å². The quantitative estimate of drug-likeness (QED) is 0.854. The molecule has 5 heteroatoms. The second-order valence-corrected chi connectivity index (χ2v) is 4.39. The van der Waals surface area contributed by atoms with Gasteiger partial charge < -0.3 is 15.2 Å². The molecule has 2 aromatic rings. The van der Waals surface area contributed by atoms with Gasteiger partial charge in [0.05, 0.1) is 12.1 Å². The van der Waals surface area contributed by atoms with Gasteiger partial charge in [-0.05, 0) is 17.7 Å². The smallest absolute Gasteiger partial charge is 0.341 e. The summed E-state index contributed by atoms with van der Waals surface area (Å²) in [5, 5.41) is 11.4. The topological polar surface area (TPSA) is 75.6 Å². The molecule has 0 heterocycles. The van der Waals surface area contributed by atoms with Gasteiger partial charge in [-0.1, -0.05) is 42.5 Å². The number of ether oxygens (including phenoxy) is 1. The summed E-state index contributed by atoms with van der Waals surface area (Å²) < 4.78 is 5.14. The Bertz CT molecular complexity index is 625. The Labute approximate surface area is 122 Å². The summed E-state index contributed by atoms with van der Waals surface area (Å²) in [6.07, 6.45) is 0.244. The van der Waals surface area contributed by atoms with Gasteiger partial charge >= 0.3 is 5.97 Å². The highest BCUT2D eigenvalue weighted by Crippen LogP contribution is 2.23. The van der Waals surface area contributed by atoms with Crippen LogP contribution in [0, 0.1) is 0 Å². The van der Waals surface area contributed by atoms with Crippen molar-refractivity contribution in [2.45, 2.75) is 6.42 Å². The number of carboxylic acid groups (broad SMARTS) is 1. The highest BCUT2D eigenvalue weighted by Gasteiger charge is 2.09. The molecule has 0 saturated heterocycles. The molecule has 0 atom stereocenters. The Hall–Kier alpha value is -2.82. The molecule has 0 spiro atoms. The summed E-state index contributed by atoms with van der Waals surface area (Å²) in [6, 6.07) is 16.1. The molecule has 2 rings (SSSR count). The van der Waals surface area contributed by atoms with Crippen LogP contribution in [0.3, 0.4) is 0 Å². The minimum atomic E-state index is -1.07. The first-order valence-corrected chi connectivity index (χ1v) is 6.42. The van der Waals surface area contributed by atoms with Gasteiger partial charge in [-0.3, -0.25) is 4.79 Å². The Morgan fingerprint density at radius 3 is 2.38 bits per heavy atom. The van der Waals surface area contributed by atoms with Crippen LogP contribution in [-0.4, -0.2) is 23.6 Å². The first kappa shape index (κ1) is 14.6. The zero-order valence-electron chi connectivity index (χ0n) is 11.3. The van der Waals surface area contributed by atoms with Crippen LogP contribution in [0.5, 0.6) is 5.75 Å². The fraction of sp³-hybridized carbons (Fsp3) is 0.125. The first-order chi connectivity index (χ1) is 10.1. The van der Waals surface area contributed by atoms with E-state index in [4.69, 9.17) is 9.84 Å². The lowest BCUT2D eigenvalue weighted by Crippen LogP contribution is -2.16. The van der Waals surface area contributed by atoms with E-state index in [-0.39, 0.29) is 12.3 Å². The lowest BCUT2D eigenvalue weighted by molar-refractivity contribution is -0.139. The van der Waals surface area contributed by atoms with E-state index >= 15 is 0 Å². The average molecular weight is 285 g/mol. The minimum Gasteiger partial charge on any atom is -0.480 e. The zero-order valence-corrected chi connectivity index (χ0v) is 11.3. The molecule has 0 unspecified atom stereocenters. The van der Waals surface area contributed by atoms with Gasteiger partial charge in [0.15, 0.2) is 6.61 Å². The zero-order chi connectivity index (χ0) is 15.1. The minimum absolute atomic E-state index is 0.187. The second-order valence-electron chi connectivity index (χ2n) is 4.39. The first-order valence-electron chi connectivity index (χ1n) is 6.42. The molecule has 0 radical (unpaired) electrons. The van der Waals surface area contributed by atoms with E-state index in [1.54, 1.807) is 24.3 Å². The van der Waals surface area contributed by atoms with Gasteiger partial charge in [0, 0.05) is 0 Å². The Balaban J connectivity index is 2.01. The molecule has 0 aromatic heterocycles. The van der Waals surface area contributed by atoms with E-state index in [1.807, 2.05) is 30.3 Å². The number of hydrogen-bond acceptors (Lipinski definition) is 3. The van der Waals surface area contributed by atoms with E-state index in [0.29, 0.717) is 11.4 Å². The van der Waals surface area contributed by atoms with Crippen molar-refractivity contribution in [1.82, 2.24) is 0 Å². The monoisotopic (exact) mass is 285 g/mol. The molecule has 2 N–H and O–H groups in total. The number of anilines is 1. The highest BCUT2D eigenvalue weighted by atomic mass is 16.5. The van der Waals surface area contributed by atoms with Crippen LogP contribution in [-0.2, 0) is 16.0 Å². The SMILES string of the molecule is O=C(O)COc1ccccc1NC(=O)Cc1ccccc1.